The molecular formula is C11H10INO2. The highest BCUT2D eigenvalue weighted by Gasteiger charge is 2.31. The molecule has 0 unspecified atom stereocenters. The molecule has 0 aliphatic carbocycles. The van der Waals surface area contributed by atoms with Crippen LogP contribution in [0.5, 0.6) is 0 Å². The second-order valence-corrected chi connectivity index (χ2v) is 4.80. The maximum Gasteiger partial charge on any atom is 0.234 e. The average molecular weight is 315 g/mol. The van der Waals surface area contributed by atoms with Gasteiger partial charge >= 0.3 is 0 Å². The lowest BCUT2D eigenvalue weighted by atomic mass is 10.2. The van der Waals surface area contributed by atoms with Gasteiger partial charge in [0.1, 0.15) is 0 Å². The summed E-state index contributed by atoms with van der Waals surface area (Å²) in [5.74, 6) is -0.185. The van der Waals surface area contributed by atoms with E-state index in [1.807, 2.05) is 25.1 Å². The normalized spacial score (nSPS) is 16.3. The highest BCUT2D eigenvalue weighted by atomic mass is 127. The number of halogens is 1. The predicted molar refractivity (Wildman–Crippen MR) is 65.6 cm³/mol. The van der Waals surface area contributed by atoms with Gasteiger partial charge in [-0.3, -0.25) is 14.5 Å². The maximum absolute atomic E-state index is 11.6. The zero-order valence-electron chi connectivity index (χ0n) is 8.29. The second kappa shape index (κ2) is 3.92. The lowest BCUT2D eigenvalue weighted by Crippen LogP contribution is -2.29. The predicted octanol–water partition coefficient (Wildman–Crippen LogP) is 2.25. The molecule has 0 saturated carbocycles. The molecule has 3 nitrogen and oxygen atoms in total. The third-order valence-electron chi connectivity index (χ3n) is 2.46. The van der Waals surface area contributed by atoms with Crippen LogP contribution in [0.1, 0.15) is 18.4 Å². The molecule has 0 bridgehead atoms. The van der Waals surface area contributed by atoms with Crippen molar-refractivity contribution in [3.63, 3.8) is 0 Å². The van der Waals surface area contributed by atoms with E-state index in [0.29, 0.717) is 12.8 Å². The molecule has 0 N–H and O–H groups in total. The number of carbonyl (C=O) groups excluding carboxylic acids is 2. The van der Waals surface area contributed by atoms with Crippen molar-refractivity contribution in [3.8, 4) is 0 Å². The van der Waals surface area contributed by atoms with E-state index in [0.717, 1.165) is 14.8 Å². The topological polar surface area (TPSA) is 37.4 Å². The number of amides is 2. The molecule has 0 radical (unpaired) electrons. The maximum atomic E-state index is 11.6. The summed E-state index contributed by atoms with van der Waals surface area (Å²) in [6, 6.07) is 5.76. The molecule has 1 aromatic carbocycles. The molecule has 0 aromatic heterocycles. The molecule has 2 rings (SSSR count). The average Bonchev–Trinajstić information content (AvgIpc) is 2.51. The van der Waals surface area contributed by atoms with Gasteiger partial charge in [-0.15, -0.1) is 0 Å². The van der Waals surface area contributed by atoms with Crippen LogP contribution >= 0.6 is 22.6 Å². The van der Waals surface area contributed by atoms with Crippen molar-refractivity contribution in [3.05, 3.63) is 27.3 Å². The van der Waals surface area contributed by atoms with E-state index >= 15 is 0 Å². The molecule has 78 valence electrons. The Morgan fingerprint density at radius 1 is 1.20 bits per heavy atom. The number of aryl methyl sites for hydroxylation is 1. The minimum Gasteiger partial charge on any atom is -0.274 e. The smallest absolute Gasteiger partial charge is 0.234 e. The number of nitrogens with zero attached hydrogens (tertiary/aromatic N) is 1. The van der Waals surface area contributed by atoms with Gasteiger partial charge in [0.15, 0.2) is 0 Å². The monoisotopic (exact) mass is 315 g/mol. The molecule has 1 heterocycles. The number of rotatable bonds is 1. The lowest BCUT2D eigenvalue weighted by Gasteiger charge is -2.16. The van der Waals surface area contributed by atoms with Crippen LogP contribution in [0.3, 0.4) is 0 Å². The largest absolute Gasteiger partial charge is 0.274 e. The van der Waals surface area contributed by atoms with Gasteiger partial charge in [-0.1, -0.05) is 6.07 Å². The van der Waals surface area contributed by atoms with Crippen molar-refractivity contribution in [2.24, 2.45) is 0 Å². The first-order valence-electron chi connectivity index (χ1n) is 4.71. The Labute approximate surface area is 102 Å². The fourth-order valence-electron chi connectivity index (χ4n) is 1.67. The Kier molecular flexibility index (Phi) is 2.77. The fourth-order valence-corrected chi connectivity index (χ4v) is 2.14. The van der Waals surface area contributed by atoms with Crippen LogP contribution in [0.15, 0.2) is 18.2 Å². The molecule has 4 heteroatoms. The van der Waals surface area contributed by atoms with E-state index in [-0.39, 0.29) is 11.8 Å². The van der Waals surface area contributed by atoms with Crippen LogP contribution in [0, 0.1) is 10.5 Å². The van der Waals surface area contributed by atoms with Crippen LogP contribution in [0.2, 0.25) is 0 Å². The van der Waals surface area contributed by atoms with Crippen molar-refractivity contribution in [1.82, 2.24) is 0 Å². The standard InChI is InChI=1S/C11H10INO2/c1-7-2-3-8(12)6-9(7)13-10(14)4-5-11(13)15/h2-3,6H,4-5H2,1H3. The highest BCUT2D eigenvalue weighted by molar-refractivity contribution is 14.1. The Balaban J connectivity index is 2.48. The molecule has 1 fully saturated rings. The van der Waals surface area contributed by atoms with Crippen LogP contribution in [0.4, 0.5) is 5.69 Å². The lowest BCUT2D eigenvalue weighted by molar-refractivity contribution is -0.121. The molecule has 0 atom stereocenters. The number of hydrogen-bond acceptors (Lipinski definition) is 2. The Hall–Kier alpha value is -0.910. The van der Waals surface area contributed by atoms with Crippen LogP contribution in [-0.2, 0) is 9.59 Å². The minimum atomic E-state index is -0.0925. The zero-order chi connectivity index (χ0) is 11.0. The second-order valence-electron chi connectivity index (χ2n) is 3.55. The fraction of sp³-hybridized carbons (Fsp3) is 0.273. The van der Waals surface area contributed by atoms with Crippen molar-refractivity contribution in [2.45, 2.75) is 19.8 Å². The van der Waals surface area contributed by atoms with Crippen LogP contribution in [0.25, 0.3) is 0 Å². The number of benzene rings is 1. The third-order valence-corrected chi connectivity index (χ3v) is 3.13. The van der Waals surface area contributed by atoms with Gasteiger partial charge in [0.05, 0.1) is 5.69 Å². The van der Waals surface area contributed by atoms with E-state index in [2.05, 4.69) is 22.6 Å². The number of carbonyl (C=O) groups is 2. The van der Waals surface area contributed by atoms with E-state index in [1.165, 1.54) is 4.90 Å². The highest BCUT2D eigenvalue weighted by Crippen LogP contribution is 2.27. The first-order chi connectivity index (χ1) is 7.09. The third kappa shape index (κ3) is 1.90. The van der Waals surface area contributed by atoms with Gasteiger partial charge in [0.25, 0.3) is 0 Å². The van der Waals surface area contributed by atoms with Crippen molar-refractivity contribution in [1.29, 1.82) is 0 Å². The van der Waals surface area contributed by atoms with Crippen LogP contribution < -0.4 is 4.90 Å². The summed E-state index contributed by atoms with van der Waals surface area (Å²) in [5.41, 5.74) is 1.69. The molecular weight excluding hydrogens is 305 g/mol. The molecule has 2 amide bonds. The summed E-state index contributed by atoms with van der Waals surface area (Å²) in [5, 5.41) is 0. The van der Waals surface area contributed by atoms with Crippen molar-refractivity contribution >= 4 is 40.1 Å². The summed E-state index contributed by atoms with van der Waals surface area (Å²) in [7, 11) is 0. The first kappa shape index (κ1) is 10.6. The van der Waals surface area contributed by atoms with Gasteiger partial charge in [-0.25, -0.2) is 0 Å². The van der Waals surface area contributed by atoms with Crippen molar-refractivity contribution < 1.29 is 9.59 Å². The molecule has 0 spiro atoms. The van der Waals surface area contributed by atoms with E-state index in [1.54, 1.807) is 0 Å². The number of hydrogen-bond donors (Lipinski definition) is 0. The molecule has 1 aliphatic heterocycles. The number of anilines is 1. The molecule has 1 saturated heterocycles. The minimum absolute atomic E-state index is 0.0925. The Morgan fingerprint density at radius 2 is 1.80 bits per heavy atom. The van der Waals surface area contributed by atoms with Gasteiger partial charge in [-0.05, 0) is 47.2 Å². The quantitative estimate of drug-likeness (QED) is 0.589. The van der Waals surface area contributed by atoms with Crippen LogP contribution in [-0.4, -0.2) is 11.8 Å². The van der Waals surface area contributed by atoms with Gasteiger partial charge in [0, 0.05) is 16.4 Å². The van der Waals surface area contributed by atoms with Gasteiger partial charge in [-0.2, -0.15) is 0 Å². The molecule has 15 heavy (non-hydrogen) atoms. The SMILES string of the molecule is Cc1ccc(I)cc1N1C(=O)CCC1=O. The van der Waals surface area contributed by atoms with Gasteiger partial charge < -0.3 is 0 Å². The summed E-state index contributed by atoms with van der Waals surface area (Å²) >= 11 is 2.17. The summed E-state index contributed by atoms with van der Waals surface area (Å²) in [6.07, 6.45) is 0.674. The Morgan fingerprint density at radius 3 is 2.40 bits per heavy atom. The zero-order valence-corrected chi connectivity index (χ0v) is 10.4. The van der Waals surface area contributed by atoms with E-state index < -0.39 is 0 Å². The Bertz CT molecular complexity index is 426. The number of imide groups is 1. The first-order valence-corrected chi connectivity index (χ1v) is 5.79. The van der Waals surface area contributed by atoms with Crippen molar-refractivity contribution in [2.75, 3.05) is 4.90 Å². The molecule has 1 aliphatic rings. The van der Waals surface area contributed by atoms with E-state index in [9.17, 15) is 9.59 Å². The summed E-state index contributed by atoms with van der Waals surface area (Å²) in [6.45, 7) is 1.91. The van der Waals surface area contributed by atoms with E-state index in [4.69, 9.17) is 0 Å². The summed E-state index contributed by atoms with van der Waals surface area (Å²) in [4.78, 5) is 24.4. The summed E-state index contributed by atoms with van der Waals surface area (Å²) < 4.78 is 1.03. The van der Waals surface area contributed by atoms with Gasteiger partial charge in [0.2, 0.25) is 11.8 Å². The molecule has 1 aromatic rings.